The average Bonchev–Trinajstić information content (AvgIpc) is 2.89. The zero-order valence-corrected chi connectivity index (χ0v) is 13.8. The average molecular weight is 322 g/mol. The van der Waals surface area contributed by atoms with Crippen LogP contribution in [0.2, 0.25) is 0 Å². The lowest BCUT2D eigenvalue weighted by Crippen LogP contribution is -2.69. The molecule has 1 aromatic rings. The van der Waals surface area contributed by atoms with Crippen LogP contribution in [0.1, 0.15) is 16.9 Å². The molecule has 23 heavy (non-hydrogen) atoms. The Morgan fingerprint density at radius 3 is 2.65 bits per heavy atom. The lowest BCUT2D eigenvalue weighted by atomic mass is 9.71. The fraction of sp³-hybridized carbons (Fsp3) is 0.667. The van der Waals surface area contributed by atoms with E-state index in [1.165, 1.54) is 24.7 Å². The molecule has 126 valence electrons. The quantitative estimate of drug-likeness (QED) is 0.734. The standard InChI is InChI=1S/C15H22N4O4/c1-17(2)12-11(8-5-6-23-13(8)12)16-14(21)9-7-10(20)19(4)15(22)18(9)3/h7-8,11-13H,5-6H2,1-4H3,(H,16,21)/t8-,11+,12-,13-/m1/s1. The van der Waals surface area contributed by atoms with Gasteiger partial charge < -0.3 is 15.0 Å². The van der Waals surface area contributed by atoms with Gasteiger partial charge in [0.15, 0.2) is 0 Å². The summed E-state index contributed by atoms with van der Waals surface area (Å²) in [4.78, 5) is 38.3. The first-order valence-corrected chi connectivity index (χ1v) is 7.69. The highest BCUT2D eigenvalue weighted by Gasteiger charge is 2.55. The summed E-state index contributed by atoms with van der Waals surface area (Å²) in [6.45, 7) is 0.705. The minimum Gasteiger partial charge on any atom is -0.376 e. The van der Waals surface area contributed by atoms with Gasteiger partial charge in [0.1, 0.15) is 5.69 Å². The Morgan fingerprint density at radius 2 is 2.00 bits per heavy atom. The Morgan fingerprint density at radius 1 is 1.30 bits per heavy atom. The van der Waals surface area contributed by atoms with Crippen LogP contribution in [-0.2, 0) is 18.8 Å². The Kier molecular flexibility index (Phi) is 3.89. The van der Waals surface area contributed by atoms with Crippen molar-refractivity contribution in [2.75, 3.05) is 20.7 Å². The van der Waals surface area contributed by atoms with Crippen LogP contribution in [0.3, 0.4) is 0 Å². The van der Waals surface area contributed by atoms with Gasteiger partial charge in [0, 0.05) is 32.7 Å². The first-order valence-electron chi connectivity index (χ1n) is 7.69. The minimum absolute atomic E-state index is 0.0378. The summed E-state index contributed by atoms with van der Waals surface area (Å²) in [5.74, 6) is -0.112. The molecular formula is C15H22N4O4. The molecule has 8 heteroatoms. The summed E-state index contributed by atoms with van der Waals surface area (Å²) in [7, 11) is 6.79. The summed E-state index contributed by atoms with van der Waals surface area (Å²) in [6.07, 6.45) is 1.05. The predicted octanol–water partition coefficient (Wildman–Crippen LogP) is -1.47. The van der Waals surface area contributed by atoms with Crippen molar-refractivity contribution < 1.29 is 9.53 Å². The predicted molar refractivity (Wildman–Crippen MR) is 83.5 cm³/mol. The largest absolute Gasteiger partial charge is 0.376 e. The molecule has 1 aromatic heterocycles. The van der Waals surface area contributed by atoms with Gasteiger partial charge in [-0.1, -0.05) is 0 Å². The molecule has 8 nitrogen and oxygen atoms in total. The third-order valence-electron chi connectivity index (χ3n) is 5.00. The topological polar surface area (TPSA) is 85.6 Å². The Labute approximate surface area is 133 Å². The number of carbonyl (C=O) groups is 1. The maximum absolute atomic E-state index is 12.6. The van der Waals surface area contributed by atoms with Crippen LogP contribution in [0.15, 0.2) is 15.7 Å². The van der Waals surface area contributed by atoms with Crippen LogP contribution >= 0.6 is 0 Å². The van der Waals surface area contributed by atoms with Crippen LogP contribution in [0, 0.1) is 5.92 Å². The van der Waals surface area contributed by atoms with E-state index in [2.05, 4.69) is 5.32 Å². The number of fused-ring (bicyclic) bond motifs is 1. The first kappa shape index (κ1) is 15.9. The van der Waals surface area contributed by atoms with Crippen LogP contribution in [0.5, 0.6) is 0 Å². The molecule has 0 aromatic carbocycles. The molecule has 4 atom stereocenters. The van der Waals surface area contributed by atoms with E-state index in [0.717, 1.165) is 11.0 Å². The van der Waals surface area contributed by atoms with Crippen LogP contribution < -0.4 is 16.6 Å². The van der Waals surface area contributed by atoms with Crippen molar-refractivity contribution >= 4 is 5.91 Å². The van der Waals surface area contributed by atoms with Crippen molar-refractivity contribution in [2.24, 2.45) is 20.0 Å². The fourth-order valence-electron chi connectivity index (χ4n) is 3.66. The Bertz CT molecular complexity index is 751. The highest BCUT2D eigenvalue weighted by atomic mass is 16.5. The number of carbonyl (C=O) groups excluding carboxylic acids is 1. The van der Waals surface area contributed by atoms with E-state index >= 15 is 0 Å². The number of nitrogens with zero attached hydrogens (tertiary/aromatic N) is 3. The summed E-state index contributed by atoms with van der Waals surface area (Å²) in [5, 5.41) is 2.98. The molecule has 1 aliphatic heterocycles. The molecule has 2 fully saturated rings. The second-order valence-electron chi connectivity index (χ2n) is 6.51. The second kappa shape index (κ2) is 5.61. The molecule has 1 N–H and O–H groups in total. The molecule has 0 unspecified atom stereocenters. The Balaban J connectivity index is 1.85. The molecule has 0 radical (unpaired) electrons. The smallest absolute Gasteiger partial charge is 0.331 e. The lowest BCUT2D eigenvalue weighted by molar-refractivity contribution is -0.0664. The number of amides is 1. The van der Waals surface area contributed by atoms with E-state index in [1.807, 2.05) is 19.0 Å². The normalized spacial score (nSPS) is 29.3. The van der Waals surface area contributed by atoms with E-state index in [4.69, 9.17) is 4.74 Å². The van der Waals surface area contributed by atoms with Crippen LogP contribution in [0.25, 0.3) is 0 Å². The van der Waals surface area contributed by atoms with Crippen LogP contribution in [-0.4, -0.2) is 58.8 Å². The van der Waals surface area contributed by atoms with E-state index in [9.17, 15) is 14.4 Å². The number of hydrogen-bond donors (Lipinski definition) is 1. The zero-order valence-electron chi connectivity index (χ0n) is 13.8. The molecule has 1 amide bonds. The van der Waals surface area contributed by atoms with Crippen molar-refractivity contribution in [1.82, 2.24) is 19.4 Å². The summed E-state index contributed by atoms with van der Waals surface area (Å²) in [6, 6.07) is 1.27. The van der Waals surface area contributed by atoms with Crippen molar-refractivity contribution in [2.45, 2.75) is 24.6 Å². The second-order valence-corrected chi connectivity index (χ2v) is 6.51. The maximum atomic E-state index is 12.6. The van der Waals surface area contributed by atoms with Gasteiger partial charge in [-0.15, -0.1) is 0 Å². The van der Waals surface area contributed by atoms with Crippen LogP contribution in [0.4, 0.5) is 0 Å². The first-order chi connectivity index (χ1) is 10.8. The lowest BCUT2D eigenvalue weighted by Gasteiger charge is -2.50. The van der Waals surface area contributed by atoms with Gasteiger partial charge in [0.25, 0.3) is 11.5 Å². The number of aromatic nitrogens is 2. The Hall–Kier alpha value is -1.93. The minimum atomic E-state index is -0.512. The SMILES string of the molecule is CN(C)[C@@H]1[C@@H](NC(=O)c2cc(=O)n(C)c(=O)n2C)[C@H]2CCO[C@H]21. The van der Waals surface area contributed by atoms with Gasteiger partial charge in [-0.3, -0.25) is 18.7 Å². The van der Waals surface area contributed by atoms with Crippen molar-refractivity contribution in [3.05, 3.63) is 32.6 Å². The molecule has 1 aliphatic carbocycles. The molecule has 1 saturated heterocycles. The van der Waals surface area contributed by atoms with Gasteiger partial charge in [0.2, 0.25) is 0 Å². The monoisotopic (exact) mass is 322 g/mol. The molecule has 2 heterocycles. The maximum Gasteiger partial charge on any atom is 0.331 e. The number of likely N-dealkylation sites (N-methyl/N-ethyl adjacent to an activating group) is 1. The third-order valence-corrected chi connectivity index (χ3v) is 5.00. The molecule has 1 saturated carbocycles. The third kappa shape index (κ3) is 2.42. The van der Waals surface area contributed by atoms with Gasteiger partial charge in [0.05, 0.1) is 18.2 Å². The van der Waals surface area contributed by atoms with E-state index in [-0.39, 0.29) is 29.8 Å². The highest BCUT2D eigenvalue weighted by molar-refractivity contribution is 5.92. The van der Waals surface area contributed by atoms with Crippen molar-refractivity contribution in [3.8, 4) is 0 Å². The van der Waals surface area contributed by atoms with Crippen molar-refractivity contribution in [1.29, 1.82) is 0 Å². The molecule has 0 spiro atoms. The molecule has 3 rings (SSSR count). The van der Waals surface area contributed by atoms with Gasteiger partial charge in [-0.2, -0.15) is 0 Å². The van der Waals surface area contributed by atoms with Gasteiger partial charge in [-0.05, 0) is 20.5 Å². The number of rotatable bonds is 3. The van der Waals surface area contributed by atoms with Gasteiger partial charge in [-0.25, -0.2) is 4.79 Å². The van der Waals surface area contributed by atoms with E-state index in [1.54, 1.807) is 0 Å². The summed E-state index contributed by atoms with van der Waals surface area (Å²) >= 11 is 0. The number of nitrogens with one attached hydrogen (secondary N) is 1. The molecule has 2 aliphatic rings. The van der Waals surface area contributed by atoms with E-state index < -0.39 is 17.2 Å². The molecule has 0 bridgehead atoms. The zero-order chi connectivity index (χ0) is 16.9. The van der Waals surface area contributed by atoms with Crippen molar-refractivity contribution in [3.63, 3.8) is 0 Å². The number of hydrogen-bond acceptors (Lipinski definition) is 5. The van der Waals surface area contributed by atoms with E-state index in [0.29, 0.717) is 6.61 Å². The highest BCUT2D eigenvalue weighted by Crippen LogP contribution is 2.41. The van der Waals surface area contributed by atoms with Gasteiger partial charge >= 0.3 is 5.69 Å². The summed E-state index contributed by atoms with van der Waals surface area (Å²) < 4.78 is 7.89. The summed E-state index contributed by atoms with van der Waals surface area (Å²) in [5.41, 5.74) is -0.918. The molecular weight excluding hydrogens is 300 g/mol. The number of ether oxygens (including phenoxy) is 1. The fourth-order valence-corrected chi connectivity index (χ4v) is 3.66.